The Bertz CT molecular complexity index is 235. The van der Waals surface area contributed by atoms with Crippen LogP contribution in [-0.2, 0) is 4.74 Å². The van der Waals surface area contributed by atoms with Crippen LogP contribution in [0.3, 0.4) is 0 Å². The number of carbonyl (C=O) groups excluding carboxylic acids is 1. The highest BCUT2D eigenvalue weighted by Crippen LogP contribution is 2.26. The molecule has 1 amide bonds. The van der Waals surface area contributed by atoms with E-state index in [1.807, 2.05) is 20.8 Å². The Kier molecular flexibility index (Phi) is 8.75. The maximum Gasteiger partial charge on any atom is 0.406 e. The fraction of sp³-hybridized carbons (Fsp3) is 0.923. The molecule has 0 spiro atoms. The number of carbonyl (C=O) groups is 1. The zero-order valence-corrected chi connectivity index (χ0v) is 11.6. The fourth-order valence-corrected chi connectivity index (χ4v) is 2.22. The summed E-state index contributed by atoms with van der Waals surface area (Å²) >= 11 is 0. The second-order valence-corrected chi connectivity index (χ2v) is 4.76. The normalized spacial score (nSPS) is 17.8. The molecule has 0 rings (SSSR count). The lowest BCUT2D eigenvalue weighted by atomic mass is 9.85. The molecule has 5 heteroatoms. The molecule has 0 aromatic heterocycles. The lowest BCUT2D eigenvalue weighted by Gasteiger charge is -2.28. The van der Waals surface area contributed by atoms with Crippen molar-refractivity contribution in [2.24, 2.45) is 17.6 Å². The molecular formula is C13H27NO4. The zero-order valence-electron chi connectivity index (χ0n) is 11.6. The van der Waals surface area contributed by atoms with E-state index in [0.717, 1.165) is 19.3 Å². The van der Waals surface area contributed by atoms with Crippen molar-refractivity contribution in [1.29, 1.82) is 0 Å². The van der Waals surface area contributed by atoms with Crippen LogP contribution in [0.1, 0.15) is 52.9 Å². The molecule has 0 saturated heterocycles. The molecule has 0 aliphatic heterocycles. The monoisotopic (exact) mass is 261 g/mol. The fourth-order valence-electron chi connectivity index (χ4n) is 2.22. The van der Waals surface area contributed by atoms with Gasteiger partial charge >= 0.3 is 6.09 Å². The number of nitrogens with two attached hydrogens (primary N) is 1. The number of hydrogen-bond donors (Lipinski definition) is 3. The Morgan fingerprint density at radius 2 is 1.72 bits per heavy atom. The van der Waals surface area contributed by atoms with Crippen molar-refractivity contribution in [2.75, 3.05) is 0 Å². The Hall–Kier alpha value is -0.810. The molecule has 4 N–H and O–H groups in total. The van der Waals surface area contributed by atoms with Gasteiger partial charge < -0.3 is 20.7 Å². The number of aliphatic hydroxyl groups excluding tert-OH is 2. The molecule has 18 heavy (non-hydrogen) atoms. The minimum atomic E-state index is -1.18. The van der Waals surface area contributed by atoms with E-state index in [0.29, 0.717) is 12.8 Å². The highest BCUT2D eigenvalue weighted by atomic mass is 16.6. The van der Waals surface area contributed by atoms with Crippen LogP contribution < -0.4 is 5.73 Å². The summed E-state index contributed by atoms with van der Waals surface area (Å²) in [4.78, 5) is 10.6. The van der Waals surface area contributed by atoms with Gasteiger partial charge in [-0.15, -0.1) is 0 Å². The average Bonchev–Trinajstić information content (AvgIpc) is 2.29. The van der Waals surface area contributed by atoms with Crippen molar-refractivity contribution in [3.63, 3.8) is 0 Å². The minimum absolute atomic E-state index is 0.112. The summed E-state index contributed by atoms with van der Waals surface area (Å²) in [7, 11) is 0. The second kappa shape index (κ2) is 9.16. The van der Waals surface area contributed by atoms with E-state index in [1.54, 1.807) is 0 Å². The largest absolute Gasteiger partial charge is 0.420 e. The average molecular weight is 261 g/mol. The van der Waals surface area contributed by atoms with E-state index >= 15 is 0 Å². The van der Waals surface area contributed by atoms with Crippen LogP contribution in [-0.4, -0.2) is 28.7 Å². The molecule has 0 radical (unpaired) electrons. The van der Waals surface area contributed by atoms with Crippen LogP contribution in [0, 0.1) is 11.8 Å². The lowest BCUT2D eigenvalue weighted by Crippen LogP contribution is -2.32. The van der Waals surface area contributed by atoms with Gasteiger partial charge in [-0.3, -0.25) is 0 Å². The van der Waals surface area contributed by atoms with Gasteiger partial charge in [0.05, 0.1) is 6.10 Å². The van der Waals surface area contributed by atoms with Crippen molar-refractivity contribution in [1.82, 2.24) is 0 Å². The molecule has 108 valence electrons. The van der Waals surface area contributed by atoms with E-state index in [2.05, 4.69) is 4.74 Å². The topological polar surface area (TPSA) is 92.8 Å². The Balaban J connectivity index is 4.42. The molecule has 4 unspecified atom stereocenters. The molecule has 5 nitrogen and oxygen atoms in total. The van der Waals surface area contributed by atoms with Crippen LogP contribution in [0.15, 0.2) is 0 Å². The predicted octanol–water partition coefficient (Wildman–Crippen LogP) is 2.00. The van der Waals surface area contributed by atoms with Gasteiger partial charge in [-0.05, 0) is 25.2 Å². The highest BCUT2D eigenvalue weighted by Gasteiger charge is 2.26. The van der Waals surface area contributed by atoms with Crippen LogP contribution in [0.4, 0.5) is 4.79 Å². The summed E-state index contributed by atoms with van der Waals surface area (Å²) in [5.41, 5.74) is 4.89. The van der Waals surface area contributed by atoms with Crippen molar-refractivity contribution in [2.45, 2.75) is 65.3 Å². The summed E-state index contributed by atoms with van der Waals surface area (Å²) in [5, 5.41) is 19.7. The first-order chi connectivity index (χ1) is 8.46. The smallest absolute Gasteiger partial charge is 0.406 e. The molecule has 0 bridgehead atoms. The highest BCUT2D eigenvalue weighted by molar-refractivity contribution is 5.64. The third-order valence-corrected chi connectivity index (χ3v) is 3.42. The molecule has 4 atom stereocenters. The molecular weight excluding hydrogens is 234 g/mol. The summed E-state index contributed by atoms with van der Waals surface area (Å²) in [6.45, 7) is 5.95. The van der Waals surface area contributed by atoms with E-state index in [9.17, 15) is 15.0 Å². The molecule has 0 aliphatic carbocycles. The van der Waals surface area contributed by atoms with Gasteiger partial charge in [-0.25, -0.2) is 4.79 Å². The number of rotatable bonds is 9. The maximum atomic E-state index is 10.6. The Morgan fingerprint density at radius 3 is 2.11 bits per heavy atom. The number of hydrogen-bond acceptors (Lipinski definition) is 4. The van der Waals surface area contributed by atoms with Gasteiger partial charge in [-0.1, -0.05) is 33.6 Å². The summed E-state index contributed by atoms with van der Waals surface area (Å²) < 4.78 is 4.60. The van der Waals surface area contributed by atoms with Crippen molar-refractivity contribution in [3.05, 3.63) is 0 Å². The third-order valence-electron chi connectivity index (χ3n) is 3.42. The maximum absolute atomic E-state index is 10.6. The zero-order chi connectivity index (χ0) is 14.1. The van der Waals surface area contributed by atoms with Gasteiger partial charge in [0.15, 0.2) is 0 Å². The van der Waals surface area contributed by atoms with Crippen LogP contribution in [0.2, 0.25) is 0 Å². The molecule has 0 aliphatic rings. The van der Waals surface area contributed by atoms with Gasteiger partial charge in [0.2, 0.25) is 6.29 Å². The molecule has 0 heterocycles. The van der Waals surface area contributed by atoms with Gasteiger partial charge in [0.25, 0.3) is 0 Å². The van der Waals surface area contributed by atoms with Crippen molar-refractivity contribution in [3.8, 4) is 0 Å². The molecule has 0 saturated carbocycles. The molecule has 0 fully saturated rings. The predicted molar refractivity (Wildman–Crippen MR) is 69.8 cm³/mol. The quantitative estimate of drug-likeness (QED) is 0.553. The van der Waals surface area contributed by atoms with Gasteiger partial charge in [0.1, 0.15) is 0 Å². The SMILES string of the molecule is CCCC(O)C(CC)CC(CC)C(O)OC(N)=O. The summed E-state index contributed by atoms with van der Waals surface area (Å²) in [6.07, 6.45) is 1.29. The van der Waals surface area contributed by atoms with E-state index in [-0.39, 0.29) is 17.9 Å². The first-order valence-electron chi connectivity index (χ1n) is 6.78. The number of ether oxygens (including phenoxy) is 1. The Morgan fingerprint density at radius 1 is 1.17 bits per heavy atom. The standard InChI is InChI=1S/C13H27NO4/c1-4-7-11(15)9(5-2)8-10(6-3)12(16)18-13(14)17/h9-12,15-16H,4-8H2,1-3H3,(H2,14,17). The first kappa shape index (κ1) is 17.2. The minimum Gasteiger partial charge on any atom is -0.420 e. The third kappa shape index (κ3) is 6.21. The number of amides is 1. The molecule has 0 aromatic rings. The summed E-state index contributed by atoms with van der Waals surface area (Å²) in [6, 6.07) is 0. The van der Waals surface area contributed by atoms with Gasteiger partial charge in [-0.2, -0.15) is 0 Å². The lowest BCUT2D eigenvalue weighted by molar-refractivity contribution is -0.0981. The van der Waals surface area contributed by atoms with E-state index in [4.69, 9.17) is 5.73 Å². The Labute approximate surface area is 109 Å². The van der Waals surface area contributed by atoms with E-state index in [1.165, 1.54) is 0 Å². The second-order valence-electron chi connectivity index (χ2n) is 4.76. The molecule has 0 aromatic carbocycles. The van der Waals surface area contributed by atoms with Crippen LogP contribution >= 0.6 is 0 Å². The van der Waals surface area contributed by atoms with Crippen molar-refractivity contribution < 1.29 is 19.7 Å². The van der Waals surface area contributed by atoms with Gasteiger partial charge in [0, 0.05) is 5.92 Å². The van der Waals surface area contributed by atoms with E-state index < -0.39 is 12.4 Å². The van der Waals surface area contributed by atoms with Crippen LogP contribution in [0.25, 0.3) is 0 Å². The summed E-state index contributed by atoms with van der Waals surface area (Å²) in [5.74, 6) is -0.0741. The number of aliphatic hydroxyl groups is 2. The van der Waals surface area contributed by atoms with Crippen molar-refractivity contribution >= 4 is 6.09 Å². The first-order valence-corrected chi connectivity index (χ1v) is 6.78. The van der Waals surface area contributed by atoms with Crippen LogP contribution in [0.5, 0.6) is 0 Å². The number of primary amides is 1.